The average molecular weight is 270 g/mol. The molecule has 2 atom stereocenters. The summed E-state index contributed by atoms with van der Waals surface area (Å²) in [5.74, 6) is 2.46. The van der Waals surface area contributed by atoms with E-state index < -0.39 is 0 Å². The second-order valence-electron chi connectivity index (χ2n) is 4.99. The Hall–Kier alpha value is -0.730. The van der Waals surface area contributed by atoms with Crippen LogP contribution in [0.5, 0.6) is 5.75 Å². The Balaban J connectivity index is 0.00000162. The van der Waals surface area contributed by atoms with E-state index in [9.17, 15) is 0 Å². The molecule has 18 heavy (non-hydrogen) atoms. The highest BCUT2D eigenvalue weighted by Gasteiger charge is 2.25. The van der Waals surface area contributed by atoms with Crippen LogP contribution in [0.1, 0.15) is 37.2 Å². The molecule has 0 aliphatic heterocycles. The number of halogens is 1. The highest BCUT2D eigenvalue weighted by molar-refractivity contribution is 5.85. The summed E-state index contributed by atoms with van der Waals surface area (Å²) in [6.07, 6.45) is 5.41. The molecule has 0 saturated heterocycles. The maximum absolute atomic E-state index is 5.33. The zero-order chi connectivity index (χ0) is 12.1. The van der Waals surface area contributed by atoms with Gasteiger partial charge in [-0.3, -0.25) is 0 Å². The molecule has 0 aromatic heterocycles. The summed E-state index contributed by atoms with van der Waals surface area (Å²) >= 11 is 0. The third-order valence-electron chi connectivity index (χ3n) is 3.90. The van der Waals surface area contributed by atoms with E-state index in [2.05, 4.69) is 30.6 Å². The second-order valence-corrected chi connectivity index (χ2v) is 4.99. The maximum atomic E-state index is 5.33. The van der Waals surface area contributed by atoms with Gasteiger partial charge in [-0.1, -0.05) is 25.0 Å². The quantitative estimate of drug-likeness (QED) is 0.902. The zero-order valence-corrected chi connectivity index (χ0v) is 12.1. The Morgan fingerprint density at radius 3 is 2.78 bits per heavy atom. The van der Waals surface area contributed by atoms with Gasteiger partial charge in [-0.25, -0.2) is 0 Å². The summed E-state index contributed by atoms with van der Waals surface area (Å²) in [7, 11) is 3.79. The minimum atomic E-state index is 0. The first-order valence-electron chi connectivity index (χ1n) is 6.63. The highest BCUT2D eigenvalue weighted by atomic mass is 35.5. The molecule has 1 aliphatic rings. The van der Waals surface area contributed by atoms with Gasteiger partial charge in [-0.05, 0) is 56.0 Å². The highest BCUT2D eigenvalue weighted by Crippen LogP contribution is 2.38. The van der Waals surface area contributed by atoms with Crippen LogP contribution in [-0.4, -0.2) is 20.7 Å². The topological polar surface area (TPSA) is 21.3 Å². The normalized spacial score (nSPS) is 23.2. The largest absolute Gasteiger partial charge is 0.497 e. The summed E-state index contributed by atoms with van der Waals surface area (Å²) < 4.78 is 5.33. The molecule has 2 unspecified atom stereocenters. The third kappa shape index (κ3) is 3.63. The molecule has 1 fully saturated rings. The Morgan fingerprint density at radius 2 is 2.06 bits per heavy atom. The smallest absolute Gasteiger partial charge is 0.119 e. The summed E-state index contributed by atoms with van der Waals surface area (Å²) in [6, 6.07) is 8.60. The predicted octanol–water partition coefficient (Wildman–Crippen LogP) is 3.61. The van der Waals surface area contributed by atoms with E-state index >= 15 is 0 Å². The first kappa shape index (κ1) is 15.3. The van der Waals surface area contributed by atoms with Crippen LogP contribution in [0.2, 0.25) is 0 Å². The van der Waals surface area contributed by atoms with Crippen LogP contribution in [0.4, 0.5) is 0 Å². The van der Waals surface area contributed by atoms with Crippen molar-refractivity contribution >= 4 is 12.4 Å². The lowest BCUT2D eigenvalue weighted by Crippen LogP contribution is -2.27. The molecule has 3 heteroatoms. The number of ether oxygens (including phenoxy) is 1. The third-order valence-corrected chi connectivity index (χ3v) is 3.90. The van der Waals surface area contributed by atoms with Crippen molar-refractivity contribution in [1.82, 2.24) is 5.32 Å². The van der Waals surface area contributed by atoms with Gasteiger partial charge < -0.3 is 10.1 Å². The van der Waals surface area contributed by atoms with Gasteiger partial charge >= 0.3 is 0 Å². The fraction of sp³-hybridized carbons (Fsp3) is 0.600. The first-order chi connectivity index (χ1) is 8.35. The van der Waals surface area contributed by atoms with Crippen molar-refractivity contribution < 1.29 is 4.74 Å². The van der Waals surface area contributed by atoms with Gasteiger partial charge in [0.2, 0.25) is 0 Å². The fourth-order valence-corrected chi connectivity index (χ4v) is 3.03. The molecule has 1 aromatic rings. The number of benzene rings is 1. The predicted molar refractivity (Wildman–Crippen MR) is 78.9 cm³/mol. The Labute approximate surface area is 117 Å². The molecule has 102 valence electrons. The molecule has 0 amide bonds. The van der Waals surface area contributed by atoms with Gasteiger partial charge in [0, 0.05) is 0 Å². The van der Waals surface area contributed by atoms with Gasteiger partial charge in [-0.15, -0.1) is 12.4 Å². The minimum Gasteiger partial charge on any atom is -0.497 e. The molecule has 1 saturated carbocycles. The Bertz CT molecular complexity index is 354. The van der Waals surface area contributed by atoms with E-state index in [-0.39, 0.29) is 12.4 Å². The van der Waals surface area contributed by atoms with Crippen LogP contribution < -0.4 is 10.1 Å². The van der Waals surface area contributed by atoms with Crippen molar-refractivity contribution in [3.63, 3.8) is 0 Å². The van der Waals surface area contributed by atoms with E-state index in [4.69, 9.17) is 4.74 Å². The summed E-state index contributed by atoms with van der Waals surface area (Å²) in [6.45, 7) is 1.13. The minimum absolute atomic E-state index is 0. The molecular formula is C15H24ClNO. The average Bonchev–Trinajstić information content (AvgIpc) is 2.40. The zero-order valence-electron chi connectivity index (χ0n) is 11.3. The number of rotatable bonds is 4. The molecule has 0 spiro atoms. The fourth-order valence-electron chi connectivity index (χ4n) is 3.03. The number of nitrogens with one attached hydrogen (secondary N) is 1. The van der Waals surface area contributed by atoms with Gasteiger partial charge in [0.25, 0.3) is 0 Å². The molecule has 0 heterocycles. The van der Waals surface area contributed by atoms with Crippen LogP contribution in [0.25, 0.3) is 0 Å². The summed E-state index contributed by atoms with van der Waals surface area (Å²) in [5.41, 5.74) is 1.45. The van der Waals surface area contributed by atoms with Crippen molar-refractivity contribution in [2.24, 2.45) is 5.92 Å². The van der Waals surface area contributed by atoms with Crippen LogP contribution in [0.15, 0.2) is 24.3 Å². The van der Waals surface area contributed by atoms with Crippen molar-refractivity contribution in [2.45, 2.75) is 31.6 Å². The maximum Gasteiger partial charge on any atom is 0.119 e. The first-order valence-corrected chi connectivity index (χ1v) is 6.63. The number of hydrogen-bond donors (Lipinski definition) is 1. The van der Waals surface area contributed by atoms with E-state index in [0.717, 1.165) is 18.2 Å². The van der Waals surface area contributed by atoms with Gasteiger partial charge in [0.05, 0.1) is 7.11 Å². The van der Waals surface area contributed by atoms with Crippen LogP contribution >= 0.6 is 12.4 Å². The van der Waals surface area contributed by atoms with Crippen molar-refractivity contribution in [1.29, 1.82) is 0 Å². The lowest BCUT2D eigenvalue weighted by molar-refractivity contribution is 0.300. The molecule has 1 aromatic carbocycles. The standard InChI is InChI=1S/C15H23NO.ClH/c1-16-11-13-6-3-4-9-15(13)12-7-5-8-14(10-12)17-2;/h5,7-8,10,13,15-16H,3-4,6,9,11H2,1-2H3;1H. The van der Waals surface area contributed by atoms with Gasteiger partial charge in [0.15, 0.2) is 0 Å². The van der Waals surface area contributed by atoms with Crippen molar-refractivity contribution in [3.05, 3.63) is 29.8 Å². The SMILES string of the molecule is CNCC1CCCCC1c1cccc(OC)c1.Cl. The molecular weight excluding hydrogens is 246 g/mol. The molecule has 2 nitrogen and oxygen atoms in total. The molecule has 0 radical (unpaired) electrons. The lowest BCUT2D eigenvalue weighted by atomic mass is 9.75. The molecule has 2 rings (SSSR count). The second kappa shape index (κ2) is 7.65. The Morgan fingerprint density at radius 1 is 1.28 bits per heavy atom. The summed E-state index contributed by atoms with van der Waals surface area (Å²) in [5, 5.41) is 3.33. The Kier molecular flexibility index (Phi) is 6.51. The van der Waals surface area contributed by atoms with Crippen molar-refractivity contribution in [3.8, 4) is 5.75 Å². The van der Waals surface area contributed by atoms with Gasteiger partial charge in [0.1, 0.15) is 5.75 Å². The van der Waals surface area contributed by atoms with Crippen molar-refractivity contribution in [2.75, 3.05) is 20.7 Å². The van der Waals surface area contributed by atoms with E-state index in [0.29, 0.717) is 5.92 Å². The van der Waals surface area contributed by atoms with E-state index in [1.165, 1.54) is 31.2 Å². The molecule has 0 bridgehead atoms. The molecule has 1 N–H and O–H groups in total. The van der Waals surface area contributed by atoms with Crippen LogP contribution in [0, 0.1) is 5.92 Å². The number of hydrogen-bond acceptors (Lipinski definition) is 2. The summed E-state index contributed by atoms with van der Waals surface area (Å²) in [4.78, 5) is 0. The van der Waals surface area contributed by atoms with Gasteiger partial charge in [-0.2, -0.15) is 0 Å². The van der Waals surface area contributed by atoms with Crippen LogP contribution in [-0.2, 0) is 0 Å². The van der Waals surface area contributed by atoms with E-state index in [1.807, 2.05) is 6.07 Å². The number of methoxy groups -OCH3 is 1. The molecule has 1 aliphatic carbocycles. The van der Waals surface area contributed by atoms with Crippen LogP contribution in [0.3, 0.4) is 0 Å². The monoisotopic (exact) mass is 269 g/mol. The lowest BCUT2D eigenvalue weighted by Gasteiger charge is -2.32. The van der Waals surface area contributed by atoms with E-state index in [1.54, 1.807) is 7.11 Å².